The smallest absolute Gasteiger partial charge is 0.338 e. The largest absolute Gasteiger partial charge is 0.462 e. The Hall–Kier alpha value is -2.65. The molecule has 0 fully saturated rings. The lowest BCUT2D eigenvalue weighted by molar-refractivity contribution is 0.0459. The van der Waals surface area contributed by atoms with E-state index < -0.39 is 5.97 Å². The van der Waals surface area contributed by atoms with Gasteiger partial charge in [-0.25, -0.2) is 9.78 Å². The molecular weight excluding hydrogens is 468 g/mol. The molecule has 7 nitrogen and oxygen atoms in total. The van der Waals surface area contributed by atoms with E-state index in [1.54, 1.807) is 24.3 Å². The first kappa shape index (κ1) is 20.6. The van der Waals surface area contributed by atoms with E-state index in [0.717, 1.165) is 25.9 Å². The second-order valence-corrected chi connectivity index (χ2v) is 9.23. The van der Waals surface area contributed by atoms with Crippen molar-refractivity contribution < 1.29 is 9.53 Å². The number of hydrogen-bond donors (Lipinski definition) is 0. The molecule has 0 aliphatic heterocycles. The molecule has 0 amide bonds. The van der Waals surface area contributed by atoms with Gasteiger partial charge in [0, 0.05) is 9.86 Å². The summed E-state index contributed by atoms with van der Waals surface area (Å²) in [6.07, 6.45) is 0. The van der Waals surface area contributed by atoms with Gasteiger partial charge in [-0.05, 0) is 65.5 Å². The number of carbonyl (C=O) groups is 1. The second-order valence-electron chi connectivity index (χ2n) is 7.44. The lowest BCUT2D eigenvalue weighted by atomic mass is 10.1. The summed E-state index contributed by atoms with van der Waals surface area (Å²) >= 11 is 4.86. The zero-order valence-electron chi connectivity index (χ0n) is 16.9. The summed E-state index contributed by atoms with van der Waals surface area (Å²) in [6, 6.07) is 6.55. The van der Waals surface area contributed by atoms with E-state index in [-0.39, 0.29) is 11.5 Å². The summed E-state index contributed by atoms with van der Waals surface area (Å²) in [5.74, 6) is -0.131. The summed E-state index contributed by atoms with van der Waals surface area (Å²) in [6.45, 7) is 8.19. The predicted octanol–water partition coefficient (Wildman–Crippen LogP) is 4.58. The highest BCUT2D eigenvalue weighted by Gasteiger charge is 2.19. The number of fused-ring (bicyclic) bond motifs is 3. The van der Waals surface area contributed by atoms with Gasteiger partial charge in [-0.2, -0.15) is 4.68 Å². The topological polar surface area (TPSA) is 87.0 Å². The standard InChI is InChI=1S/C21H19BrN4O3S/c1-10(2)9-29-21(28)13-5-7-14(8-6-13)26-20(27)18-17(24-25-26)15-11(3)16(22)12(4)23-19(15)30-18/h5-8,10H,9H2,1-4H3. The number of ether oxygens (including phenoxy) is 1. The zero-order chi connectivity index (χ0) is 21.6. The predicted molar refractivity (Wildman–Crippen MR) is 121 cm³/mol. The van der Waals surface area contributed by atoms with Gasteiger partial charge in [0.25, 0.3) is 5.56 Å². The van der Waals surface area contributed by atoms with Gasteiger partial charge in [-0.3, -0.25) is 4.79 Å². The number of hydrogen-bond acceptors (Lipinski definition) is 7. The summed E-state index contributed by atoms with van der Waals surface area (Å²) in [7, 11) is 0. The fourth-order valence-electron chi connectivity index (χ4n) is 3.11. The minimum absolute atomic E-state index is 0.262. The van der Waals surface area contributed by atoms with Gasteiger partial charge in [0.2, 0.25) is 0 Å². The molecule has 4 aromatic rings. The number of nitrogens with zero attached hydrogens (tertiary/aromatic N) is 4. The summed E-state index contributed by atoms with van der Waals surface area (Å²) in [5.41, 5.74) is 3.07. The van der Waals surface area contributed by atoms with E-state index in [4.69, 9.17) is 4.74 Å². The monoisotopic (exact) mass is 486 g/mol. The van der Waals surface area contributed by atoms with Crippen LogP contribution in [0.25, 0.3) is 26.1 Å². The van der Waals surface area contributed by atoms with Crippen molar-refractivity contribution in [2.45, 2.75) is 27.7 Å². The number of aryl methyl sites for hydroxylation is 2. The van der Waals surface area contributed by atoms with Crippen molar-refractivity contribution in [3.8, 4) is 5.69 Å². The summed E-state index contributed by atoms with van der Waals surface area (Å²) < 4.78 is 7.87. The van der Waals surface area contributed by atoms with Crippen molar-refractivity contribution >= 4 is 53.7 Å². The van der Waals surface area contributed by atoms with Crippen LogP contribution in [0.3, 0.4) is 0 Å². The molecule has 30 heavy (non-hydrogen) atoms. The van der Waals surface area contributed by atoms with Crippen molar-refractivity contribution in [2.24, 2.45) is 5.92 Å². The minimum atomic E-state index is -0.392. The average Bonchev–Trinajstić information content (AvgIpc) is 3.10. The van der Waals surface area contributed by atoms with Crippen molar-refractivity contribution in [3.05, 3.63) is 55.9 Å². The summed E-state index contributed by atoms with van der Waals surface area (Å²) in [4.78, 5) is 30.6. The van der Waals surface area contributed by atoms with Gasteiger partial charge in [-0.15, -0.1) is 16.4 Å². The molecule has 3 heterocycles. The number of aromatic nitrogens is 4. The molecule has 1 aromatic carbocycles. The van der Waals surface area contributed by atoms with E-state index in [9.17, 15) is 9.59 Å². The molecule has 0 aliphatic rings. The van der Waals surface area contributed by atoms with Gasteiger partial charge in [-0.1, -0.05) is 19.1 Å². The number of pyridine rings is 1. The molecule has 0 N–H and O–H groups in total. The Bertz CT molecular complexity index is 1340. The number of benzene rings is 1. The van der Waals surface area contributed by atoms with E-state index >= 15 is 0 Å². The fraction of sp³-hybridized carbons (Fsp3) is 0.286. The van der Waals surface area contributed by atoms with Crippen molar-refractivity contribution in [2.75, 3.05) is 6.61 Å². The third-order valence-electron chi connectivity index (χ3n) is 4.67. The van der Waals surface area contributed by atoms with Gasteiger partial charge in [0.1, 0.15) is 15.0 Å². The Kier molecular flexibility index (Phi) is 5.42. The molecule has 0 unspecified atom stereocenters. The Morgan fingerprint density at radius 1 is 1.23 bits per heavy atom. The molecule has 4 rings (SSSR count). The van der Waals surface area contributed by atoms with Crippen LogP contribution in [0.5, 0.6) is 0 Å². The molecule has 0 saturated carbocycles. The molecule has 0 radical (unpaired) electrons. The van der Waals surface area contributed by atoms with Crippen LogP contribution in [-0.2, 0) is 4.74 Å². The Balaban J connectivity index is 1.76. The highest BCUT2D eigenvalue weighted by Crippen LogP contribution is 2.35. The average molecular weight is 487 g/mol. The van der Waals surface area contributed by atoms with Gasteiger partial charge < -0.3 is 4.74 Å². The first-order chi connectivity index (χ1) is 14.3. The number of carbonyl (C=O) groups excluding carboxylic acids is 1. The molecular formula is C21H19BrN4O3S. The molecule has 154 valence electrons. The Morgan fingerprint density at radius 3 is 2.60 bits per heavy atom. The van der Waals surface area contributed by atoms with Crippen LogP contribution in [0.1, 0.15) is 35.5 Å². The van der Waals surface area contributed by atoms with E-state index in [0.29, 0.717) is 28.1 Å². The lowest BCUT2D eigenvalue weighted by Gasteiger charge is -2.08. The van der Waals surface area contributed by atoms with Crippen LogP contribution in [-0.4, -0.2) is 32.6 Å². The third kappa shape index (κ3) is 3.52. The van der Waals surface area contributed by atoms with Crippen LogP contribution < -0.4 is 5.56 Å². The number of esters is 1. The highest BCUT2D eigenvalue weighted by molar-refractivity contribution is 9.10. The maximum absolute atomic E-state index is 13.1. The minimum Gasteiger partial charge on any atom is -0.462 e. The second kappa shape index (κ2) is 7.88. The molecule has 3 aromatic heterocycles. The highest BCUT2D eigenvalue weighted by atomic mass is 79.9. The fourth-order valence-corrected chi connectivity index (χ4v) is 4.54. The zero-order valence-corrected chi connectivity index (χ0v) is 19.3. The molecule has 0 aliphatic carbocycles. The van der Waals surface area contributed by atoms with Gasteiger partial charge in [0.05, 0.1) is 23.6 Å². The van der Waals surface area contributed by atoms with Gasteiger partial charge in [0.15, 0.2) is 0 Å². The SMILES string of the molecule is Cc1nc2sc3c(=O)n(-c4ccc(C(=O)OCC(C)C)cc4)nnc3c2c(C)c1Br. The normalized spacial score (nSPS) is 11.5. The molecule has 9 heteroatoms. The van der Waals surface area contributed by atoms with Gasteiger partial charge >= 0.3 is 5.97 Å². The number of thiophene rings is 1. The lowest BCUT2D eigenvalue weighted by Crippen LogP contribution is -2.21. The summed E-state index contributed by atoms with van der Waals surface area (Å²) in [5, 5.41) is 9.28. The molecule has 0 atom stereocenters. The van der Waals surface area contributed by atoms with E-state index in [2.05, 4.69) is 31.2 Å². The number of rotatable bonds is 4. The van der Waals surface area contributed by atoms with Crippen LogP contribution in [0.15, 0.2) is 33.5 Å². The Morgan fingerprint density at radius 2 is 1.93 bits per heavy atom. The molecule has 0 saturated heterocycles. The first-order valence-corrected chi connectivity index (χ1v) is 11.0. The van der Waals surface area contributed by atoms with Crippen LogP contribution >= 0.6 is 27.3 Å². The van der Waals surface area contributed by atoms with Crippen LogP contribution in [0.4, 0.5) is 0 Å². The maximum Gasteiger partial charge on any atom is 0.338 e. The van der Waals surface area contributed by atoms with Crippen molar-refractivity contribution in [1.29, 1.82) is 0 Å². The quantitative estimate of drug-likeness (QED) is 0.392. The van der Waals surface area contributed by atoms with E-state index in [1.807, 2.05) is 27.7 Å². The molecule has 0 spiro atoms. The first-order valence-electron chi connectivity index (χ1n) is 9.40. The Labute approximate surface area is 184 Å². The third-order valence-corrected chi connectivity index (χ3v) is 6.90. The maximum atomic E-state index is 13.1. The van der Waals surface area contributed by atoms with Crippen LogP contribution in [0, 0.1) is 19.8 Å². The van der Waals surface area contributed by atoms with E-state index in [1.165, 1.54) is 16.0 Å². The number of halogens is 1. The van der Waals surface area contributed by atoms with Crippen molar-refractivity contribution in [1.82, 2.24) is 20.0 Å². The van der Waals surface area contributed by atoms with Crippen LogP contribution in [0.2, 0.25) is 0 Å². The van der Waals surface area contributed by atoms with Crippen molar-refractivity contribution in [3.63, 3.8) is 0 Å². The molecule has 0 bridgehead atoms.